The van der Waals surface area contributed by atoms with Crippen LogP contribution in [0.15, 0.2) is 17.7 Å². The molecule has 0 aliphatic carbocycles. The fourth-order valence-electron chi connectivity index (χ4n) is 2.85. The van der Waals surface area contributed by atoms with Gasteiger partial charge in [0.1, 0.15) is 24.7 Å². The monoisotopic (exact) mass is 507 g/mol. The van der Waals surface area contributed by atoms with Gasteiger partial charge in [0.05, 0.1) is 5.57 Å². The summed E-state index contributed by atoms with van der Waals surface area (Å²) in [5.41, 5.74) is -1.41. The smallest absolute Gasteiger partial charge is 0.475 e. The molecule has 0 fully saturated rings. The molecule has 0 saturated carbocycles. The summed E-state index contributed by atoms with van der Waals surface area (Å²) in [6.45, 7) is -0.247. The largest absolute Gasteiger partial charge is 0.573 e. The van der Waals surface area contributed by atoms with Crippen LogP contribution in [-0.4, -0.2) is 54.2 Å². The Balaban J connectivity index is 2.46. The van der Waals surface area contributed by atoms with Crippen molar-refractivity contribution in [3.63, 3.8) is 0 Å². The number of aryl methyl sites for hydroxylation is 1. The van der Waals surface area contributed by atoms with Gasteiger partial charge in [0.15, 0.2) is 6.10 Å². The van der Waals surface area contributed by atoms with Crippen LogP contribution in [0.5, 0.6) is 11.5 Å². The maximum Gasteiger partial charge on any atom is 0.573 e. The molecule has 0 saturated heterocycles. The van der Waals surface area contributed by atoms with E-state index in [9.17, 15) is 41.3 Å². The molecule has 1 heterocycles. The van der Waals surface area contributed by atoms with E-state index in [-0.39, 0.29) is 23.2 Å². The Bertz CT molecular complexity index is 935. The van der Waals surface area contributed by atoms with Crippen molar-refractivity contribution in [2.24, 2.45) is 0 Å². The maximum absolute atomic E-state index is 13.7. The average Bonchev–Trinajstić information content (AvgIpc) is 2.71. The highest BCUT2D eigenvalue weighted by Crippen LogP contribution is 2.42. The van der Waals surface area contributed by atoms with Gasteiger partial charge in [0, 0.05) is 5.56 Å². The number of fused-ring (bicyclic) bond motifs is 1. The third kappa shape index (κ3) is 7.35. The lowest BCUT2D eigenvalue weighted by Gasteiger charge is -2.30. The van der Waals surface area contributed by atoms with Gasteiger partial charge in [-0.1, -0.05) is 12.6 Å². The number of nitrogens with zero attached hydrogens (tertiary/aromatic N) is 1. The molecule has 2 rings (SSSR count). The van der Waals surface area contributed by atoms with Crippen LogP contribution in [0.25, 0.3) is 6.08 Å². The van der Waals surface area contributed by atoms with Crippen molar-refractivity contribution in [1.29, 1.82) is 0 Å². The van der Waals surface area contributed by atoms with Crippen LogP contribution < -0.4 is 15.1 Å². The molecule has 0 amide bonds. The van der Waals surface area contributed by atoms with E-state index in [2.05, 4.69) is 14.4 Å². The number of nitrogens with two attached hydrogens (primary N) is 1. The van der Waals surface area contributed by atoms with Gasteiger partial charge >= 0.3 is 18.5 Å². The molecule has 34 heavy (non-hydrogen) atoms. The van der Waals surface area contributed by atoms with Gasteiger partial charge in [-0.25, -0.2) is 4.79 Å². The average molecular weight is 507 g/mol. The third-order valence-electron chi connectivity index (χ3n) is 4.14. The van der Waals surface area contributed by atoms with Crippen LogP contribution in [0, 0.1) is 10.1 Å². The Morgan fingerprint density at radius 3 is 2.47 bits per heavy atom. The van der Waals surface area contributed by atoms with Gasteiger partial charge in [-0.05, 0) is 30.2 Å². The number of carbonyl (C=O) groups excluding carboxylic acids is 1. The highest BCUT2D eigenvalue weighted by molar-refractivity contribution is 5.96. The topological polar surface area (TPSA) is 143 Å². The van der Waals surface area contributed by atoms with Crippen molar-refractivity contribution in [3.8, 4) is 11.5 Å². The molecule has 2 unspecified atom stereocenters. The Kier molecular flexibility index (Phi) is 8.51. The SMILES string of the molecule is CCc1cc(OC(F)(F)F)cc2c1OC(C(F)(F)F)C(C(=O)OC(CO[NH2+]O)CO[N+](=O)[O-])=C2. The Morgan fingerprint density at radius 2 is 1.94 bits per heavy atom. The predicted molar refractivity (Wildman–Crippen MR) is 93.4 cm³/mol. The predicted octanol–water partition coefficient (Wildman–Crippen LogP) is 1.86. The summed E-state index contributed by atoms with van der Waals surface area (Å²) in [6, 6.07) is 1.57. The van der Waals surface area contributed by atoms with Crippen molar-refractivity contribution in [3.05, 3.63) is 38.9 Å². The number of alkyl halides is 6. The Morgan fingerprint density at radius 1 is 1.26 bits per heavy atom. The van der Waals surface area contributed by atoms with Crippen molar-refractivity contribution in [1.82, 2.24) is 0 Å². The van der Waals surface area contributed by atoms with Crippen LogP contribution in [0.4, 0.5) is 26.3 Å². The number of hydrogen-bond acceptors (Lipinski definition) is 9. The molecule has 11 nitrogen and oxygen atoms in total. The number of hydrogen-bond donors (Lipinski definition) is 2. The highest BCUT2D eigenvalue weighted by atomic mass is 19.4. The Labute approximate surface area is 185 Å². The van der Waals surface area contributed by atoms with Crippen molar-refractivity contribution in [2.75, 3.05) is 13.2 Å². The maximum atomic E-state index is 13.7. The molecule has 1 aliphatic rings. The normalized spacial score (nSPS) is 16.6. The van der Waals surface area contributed by atoms with Gasteiger partial charge < -0.3 is 19.0 Å². The number of carbonyl (C=O) groups is 1. The van der Waals surface area contributed by atoms with Gasteiger partial charge in [0.25, 0.3) is 5.09 Å². The second kappa shape index (κ2) is 10.7. The molecule has 1 aromatic carbocycles. The van der Waals surface area contributed by atoms with Crippen LogP contribution in [-0.2, 0) is 25.6 Å². The lowest BCUT2D eigenvalue weighted by Crippen LogP contribution is -2.80. The van der Waals surface area contributed by atoms with Crippen molar-refractivity contribution in [2.45, 2.75) is 38.1 Å². The van der Waals surface area contributed by atoms with Crippen LogP contribution >= 0.6 is 0 Å². The summed E-state index contributed by atoms with van der Waals surface area (Å²) in [7, 11) is 0. The molecule has 1 aliphatic heterocycles. The van der Waals surface area contributed by atoms with Gasteiger partial charge in [-0.3, -0.25) is 0 Å². The van der Waals surface area contributed by atoms with E-state index >= 15 is 0 Å². The first-order valence-corrected chi connectivity index (χ1v) is 9.18. The molecular formula is C17H17F6N2O9+. The molecule has 3 N–H and O–H groups in total. The molecule has 2 atom stereocenters. The first-order chi connectivity index (χ1) is 15.7. The number of ether oxygens (including phenoxy) is 3. The molecule has 1 aromatic rings. The number of rotatable bonds is 10. The van der Waals surface area contributed by atoms with Crippen molar-refractivity contribution < 1.29 is 71.0 Å². The van der Waals surface area contributed by atoms with E-state index in [1.54, 1.807) is 0 Å². The minimum Gasteiger partial charge on any atom is -0.475 e. The minimum atomic E-state index is -5.16. The van der Waals surface area contributed by atoms with Gasteiger partial charge in [-0.15, -0.1) is 23.3 Å². The first-order valence-electron chi connectivity index (χ1n) is 9.18. The third-order valence-corrected chi connectivity index (χ3v) is 4.14. The second-order valence-electron chi connectivity index (χ2n) is 6.53. The number of benzene rings is 1. The molecular weight excluding hydrogens is 490 g/mol. The van der Waals surface area contributed by atoms with E-state index in [0.717, 1.165) is 12.1 Å². The van der Waals surface area contributed by atoms with E-state index in [0.29, 0.717) is 6.08 Å². The molecule has 0 radical (unpaired) electrons. The number of halogens is 6. The van der Waals surface area contributed by atoms with E-state index < -0.39 is 66.1 Å². The summed E-state index contributed by atoms with van der Waals surface area (Å²) >= 11 is 0. The zero-order valence-corrected chi connectivity index (χ0v) is 17.0. The lowest BCUT2D eigenvalue weighted by molar-refractivity contribution is -1.07. The van der Waals surface area contributed by atoms with Crippen LogP contribution in [0.1, 0.15) is 18.1 Å². The molecule has 0 spiro atoms. The summed E-state index contributed by atoms with van der Waals surface area (Å²) in [6.07, 6.45) is -14.2. The van der Waals surface area contributed by atoms with Gasteiger partial charge in [0.2, 0.25) is 6.10 Å². The molecule has 0 bridgehead atoms. The summed E-state index contributed by atoms with van der Waals surface area (Å²) in [4.78, 5) is 31.3. The number of esters is 1. The molecule has 17 heteroatoms. The standard InChI is InChI=1S/C17H17F6N2O9/c1-2-8-3-10(34-17(21,22)23)4-9-5-12(14(16(18,19)20)33-13(8)9)15(26)32-11(6-30-24-27)7-31-25(28)29/h3-5,11,14,27H,2,6-7,24H2,1H3/q+1. The van der Waals surface area contributed by atoms with Crippen LogP contribution in [0.2, 0.25) is 0 Å². The van der Waals surface area contributed by atoms with Crippen LogP contribution in [0.3, 0.4) is 0 Å². The fourth-order valence-corrected chi connectivity index (χ4v) is 2.85. The highest BCUT2D eigenvalue weighted by Gasteiger charge is 2.49. The van der Waals surface area contributed by atoms with Crippen molar-refractivity contribution >= 4 is 12.0 Å². The molecule has 190 valence electrons. The lowest BCUT2D eigenvalue weighted by atomic mass is 9.97. The molecule has 0 aromatic heterocycles. The van der Waals surface area contributed by atoms with E-state index in [1.165, 1.54) is 6.92 Å². The summed E-state index contributed by atoms with van der Waals surface area (Å²) < 4.78 is 92.4. The number of quaternary nitrogens is 1. The summed E-state index contributed by atoms with van der Waals surface area (Å²) in [5, 5.41) is 17.6. The minimum absolute atomic E-state index is 0.0368. The second-order valence-corrected chi connectivity index (χ2v) is 6.53. The summed E-state index contributed by atoms with van der Waals surface area (Å²) in [5.74, 6) is -2.85. The fraction of sp³-hybridized carbons (Fsp3) is 0.471. The zero-order valence-electron chi connectivity index (χ0n) is 17.0. The first kappa shape index (κ1) is 26.9. The van der Waals surface area contributed by atoms with E-state index in [4.69, 9.17) is 14.7 Å². The van der Waals surface area contributed by atoms with E-state index in [1.807, 2.05) is 0 Å². The zero-order chi connectivity index (χ0) is 25.7. The quantitative estimate of drug-likeness (QED) is 0.210. The van der Waals surface area contributed by atoms with Gasteiger partial charge in [-0.2, -0.15) is 23.2 Å². The Hall–Kier alpha value is -3.31.